The molecule has 0 aliphatic heterocycles. The zero-order chi connectivity index (χ0) is 12.3. The molecule has 0 spiro atoms. The minimum Gasteiger partial charge on any atom is -0.476 e. The van der Waals surface area contributed by atoms with Crippen molar-refractivity contribution >= 4 is 23.1 Å². The first-order valence-electron chi connectivity index (χ1n) is 4.98. The minimum atomic E-state index is -1.08. The van der Waals surface area contributed by atoms with Crippen LogP contribution in [-0.4, -0.2) is 21.0 Å². The summed E-state index contributed by atoms with van der Waals surface area (Å²) in [7, 11) is 0. The molecule has 2 rings (SSSR count). The Morgan fingerprint density at radius 2 is 2.18 bits per heavy atom. The number of carboxylic acid groups (broad SMARTS) is 1. The van der Waals surface area contributed by atoms with E-state index in [-0.39, 0.29) is 5.69 Å². The molecule has 0 atom stereocenters. The maximum absolute atomic E-state index is 10.9. The Hall–Kier alpha value is -1.95. The van der Waals surface area contributed by atoms with Crippen molar-refractivity contribution in [1.29, 1.82) is 0 Å². The Labute approximate surface area is 102 Å². The van der Waals surface area contributed by atoms with Crippen molar-refractivity contribution in [2.45, 2.75) is 13.5 Å². The van der Waals surface area contributed by atoms with Crippen molar-refractivity contribution in [1.82, 2.24) is 9.97 Å². The predicted octanol–water partition coefficient (Wildman–Crippen LogP) is 2.16. The van der Waals surface area contributed by atoms with Gasteiger partial charge in [-0.05, 0) is 28.8 Å². The number of carboxylic acids is 1. The van der Waals surface area contributed by atoms with Gasteiger partial charge in [-0.2, -0.15) is 11.3 Å². The molecule has 5 nitrogen and oxygen atoms in total. The third kappa shape index (κ3) is 2.59. The molecule has 0 amide bonds. The Bertz CT molecular complexity index is 539. The molecule has 0 radical (unpaired) electrons. The molecular weight excluding hydrogens is 238 g/mol. The Kier molecular flexibility index (Phi) is 3.34. The molecule has 17 heavy (non-hydrogen) atoms. The third-order valence-electron chi connectivity index (χ3n) is 2.31. The number of carbonyl (C=O) groups is 1. The standard InChI is InChI=1S/C11H11N3O2S/c1-7-5-17-6-8(7)4-14-10-9(11(15)16)12-2-3-13-10/h2-3,5-6H,4H2,1H3,(H,13,14)(H,15,16). The summed E-state index contributed by atoms with van der Waals surface area (Å²) in [5.74, 6) is -0.784. The fraction of sp³-hybridized carbons (Fsp3) is 0.182. The highest BCUT2D eigenvalue weighted by Gasteiger charge is 2.12. The van der Waals surface area contributed by atoms with Crippen LogP contribution in [0.25, 0.3) is 0 Å². The number of hydrogen-bond acceptors (Lipinski definition) is 5. The van der Waals surface area contributed by atoms with E-state index in [1.165, 1.54) is 18.0 Å². The van der Waals surface area contributed by atoms with Gasteiger partial charge in [0.2, 0.25) is 0 Å². The number of thiophene rings is 1. The lowest BCUT2D eigenvalue weighted by atomic mass is 10.2. The van der Waals surface area contributed by atoms with Gasteiger partial charge in [-0.15, -0.1) is 0 Å². The first-order valence-corrected chi connectivity index (χ1v) is 5.92. The van der Waals surface area contributed by atoms with Gasteiger partial charge in [-0.3, -0.25) is 0 Å². The van der Waals surface area contributed by atoms with E-state index in [1.807, 2.05) is 17.7 Å². The van der Waals surface area contributed by atoms with E-state index >= 15 is 0 Å². The van der Waals surface area contributed by atoms with Crippen molar-refractivity contribution < 1.29 is 9.90 Å². The molecule has 2 N–H and O–H groups in total. The van der Waals surface area contributed by atoms with Crippen LogP contribution in [0, 0.1) is 6.92 Å². The lowest BCUT2D eigenvalue weighted by Gasteiger charge is -2.06. The fourth-order valence-electron chi connectivity index (χ4n) is 1.37. The molecule has 88 valence electrons. The van der Waals surface area contributed by atoms with Crippen LogP contribution in [0.5, 0.6) is 0 Å². The first-order chi connectivity index (χ1) is 8.18. The van der Waals surface area contributed by atoms with Gasteiger partial charge in [0.05, 0.1) is 0 Å². The van der Waals surface area contributed by atoms with Crippen LogP contribution in [0.2, 0.25) is 0 Å². The van der Waals surface area contributed by atoms with E-state index in [0.29, 0.717) is 12.4 Å². The Morgan fingerprint density at radius 3 is 2.82 bits per heavy atom. The summed E-state index contributed by atoms with van der Waals surface area (Å²) < 4.78 is 0. The van der Waals surface area contributed by atoms with Gasteiger partial charge < -0.3 is 10.4 Å². The number of hydrogen-bond donors (Lipinski definition) is 2. The highest BCUT2D eigenvalue weighted by Crippen LogP contribution is 2.16. The van der Waals surface area contributed by atoms with Crippen molar-refractivity contribution in [2.24, 2.45) is 0 Å². The normalized spacial score (nSPS) is 10.2. The zero-order valence-electron chi connectivity index (χ0n) is 9.17. The van der Waals surface area contributed by atoms with Crippen LogP contribution in [0.4, 0.5) is 5.82 Å². The van der Waals surface area contributed by atoms with E-state index < -0.39 is 5.97 Å². The molecule has 0 aliphatic carbocycles. The smallest absolute Gasteiger partial charge is 0.358 e. The summed E-state index contributed by atoms with van der Waals surface area (Å²) in [6.07, 6.45) is 2.83. The second-order valence-corrected chi connectivity index (χ2v) is 4.24. The summed E-state index contributed by atoms with van der Waals surface area (Å²) in [4.78, 5) is 18.7. The summed E-state index contributed by atoms with van der Waals surface area (Å²) >= 11 is 1.62. The van der Waals surface area contributed by atoms with E-state index in [4.69, 9.17) is 5.11 Å². The zero-order valence-corrected chi connectivity index (χ0v) is 9.99. The highest BCUT2D eigenvalue weighted by molar-refractivity contribution is 7.08. The van der Waals surface area contributed by atoms with Gasteiger partial charge in [0.15, 0.2) is 11.5 Å². The average Bonchev–Trinajstić information content (AvgIpc) is 2.72. The second kappa shape index (κ2) is 4.92. The van der Waals surface area contributed by atoms with Gasteiger partial charge in [-0.1, -0.05) is 0 Å². The monoisotopic (exact) mass is 249 g/mol. The number of aryl methyl sites for hydroxylation is 1. The number of rotatable bonds is 4. The summed E-state index contributed by atoms with van der Waals surface area (Å²) in [5.41, 5.74) is 2.26. The van der Waals surface area contributed by atoms with Gasteiger partial charge >= 0.3 is 5.97 Å². The number of aromatic nitrogens is 2. The third-order valence-corrected chi connectivity index (χ3v) is 3.22. The van der Waals surface area contributed by atoms with Crippen LogP contribution in [-0.2, 0) is 6.54 Å². The topological polar surface area (TPSA) is 75.1 Å². The van der Waals surface area contributed by atoms with Gasteiger partial charge in [-0.25, -0.2) is 14.8 Å². The lowest BCUT2D eigenvalue weighted by molar-refractivity contribution is 0.0691. The largest absolute Gasteiger partial charge is 0.476 e. The van der Waals surface area contributed by atoms with Crippen LogP contribution in [0.1, 0.15) is 21.6 Å². The average molecular weight is 249 g/mol. The lowest BCUT2D eigenvalue weighted by Crippen LogP contribution is -2.10. The molecule has 0 fully saturated rings. The molecule has 6 heteroatoms. The SMILES string of the molecule is Cc1cscc1CNc1nccnc1C(=O)O. The van der Waals surface area contributed by atoms with Crippen molar-refractivity contribution in [3.8, 4) is 0 Å². The number of nitrogens with zero attached hydrogens (tertiary/aromatic N) is 2. The molecule has 2 aromatic rings. The molecule has 0 unspecified atom stereocenters. The Morgan fingerprint density at radius 1 is 1.41 bits per heavy atom. The second-order valence-electron chi connectivity index (χ2n) is 3.49. The van der Waals surface area contributed by atoms with E-state index in [0.717, 1.165) is 5.56 Å². The van der Waals surface area contributed by atoms with Crippen LogP contribution in [0.3, 0.4) is 0 Å². The van der Waals surface area contributed by atoms with Crippen molar-refractivity contribution in [3.63, 3.8) is 0 Å². The summed E-state index contributed by atoms with van der Waals surface area (Å²) in [6, 6.07) is 0. The van der Waals surface area contributed by atoms with Crippen molar-refractivity contribution in [2.75, 3.05) is 5.32 Å². The molecule has 0 saturated heterocycles. The number of nitrogens with one attached hydrogen (secondary N) is 1. The number of anilines is 1. The summed E-state index contributed by atoms with van der Waals surface area (Å²) in [6.45, 7) is 2.57. The van der Waals surface area contributed by atoms with Gasteiger partial charge in [0.25, 0.3) is 0 Å². The molecule has 0 aliphatic rings. The maximum atomic E-state index is 10.9. The van der Waals surface area contributed by atoms with Crippen LogP contribution >= 0.6 is 11.3 Å². The first kappa shape index (κ1) is 11.5. The molecule has 0 bridgehead atoms. The maximum Gasteiger partial charge on any atom is 0.358 e. The molecular formula is C11H11N3O2S. The van der Waals surface area contributed by atoms with Gasteiger partial charge in [0.1, 0.15) is 0 Å². The minimum absolute atomic E-state index is 0.0552. The van der Waals surface area contributed by atoms with E-state index in [1.54, 1.807) is 11.3 Å². The highest BCUT2D eigenvalue weighted by atomic mass is 32.1. The van der Waals surface area contributed by atoms with Crippen molar-refractivity contribution in [3.05, 3.63) is 40.0 Å². The molecule has 2 aromatic heterocycles. The molecule has 2 heterocycles. The van der Waals surface area contributed by atoms with Gasteiger partial charge in [0, 0.05) is 18.9 Å². The molecule has 0 saturated carbocycles. The quantitative estimate of drug-likeness (QED) is 0.868. The predicted molar refractivity (Wildman–Crippen MR) is 65.4 cm³/mol. The fourth-order valence-corrected chi connectivity index (χ4v) is 2.23. The molecule has 0 aromatic carbocycles. The van der Waals surface area contributed by atoms with E-state index in [2.05, 4.69) is 15.3 Å². The van der Waals surface area contributed by atoms with E-state index in [9.17, 15) is 4.79 Å². The number of aromatic carboxylic acids is 1. The van der Waals surface area contributed by atoms with Crippen LogP contribution < -0.4 is 5.32 Å². The summed E-state index contributed by atoms with van der Waals surface area (Å²) in [5, 5.41) is 16.0. The van der Waals surface area contributed by atoms with Crippen LogP contribution in [0.15, 0.2) is 23.2 Å². The Balaban J connectivity index is 2.14.